The Balaban J connectivity index is 1.61. The summed E-state index contributed by atoms with van der Waals surface area (Å²) in [7, 11) is 0. The third-order valence-electron chi connectivity index (χ3n) is 4.01. The zero-order chi connectivity index (χ0) is 18.0. The molecule has 1 aliphatic rings. The SMILES string of the molecule is Cc1ccc(NC(=O)NC2CC(=O)N(c3cccc(F)c3)C2)cc1F. The Morgan fingerprint density at radius 2 is 2.00 bits per heavy atom. The first kappa shape index (κ1) is 16.9. The molecule has 5 nitrogen and oxygen atoms in total. The molecular weight excluding hydrogens is 328 g/mol. The molecule has 1 saturated heterocycles. The Labute approximate surface area is 143 Å². The minimum absolute atomic E-state index is 0.117. The summed E-state index contributed by atoms with van der Waals surface area (Å²) < 4.78 is 26.8. The number of anilines is 2. The molecule has 0 saturated carbocycles. The van der Waals surface area contributed by atoms with Crippen LogP contribution in [-0.2, 0) is 4.79 Å². The Hall–Kier alpha value is -2.96. The van der Waals surface area contributed by atoms with Gasteiger partial charge >= 0.3 is 6.03 Å². The van der Waals surface area contributed by atoms with Gasteiger partial charge in [-0.25, -0.2) is 13.6 Å². The van der Waals surface area contributed by atoms with Crippen molar-refractivity contribution in [1.82, 2.24) is 5.32 Å². The predicted molar refractivity (Wildman–Crippen MR) is 90.4 cm³/mol. The van der Waals surface area contributed by atoms with Gasteiger partial charge < -0.3 is 15.5 Å². The zero-order valence-corrected chi connectivity index (χ0v) is 13.6. The smallest absolute Gasteiger partial charge is 0.319 e. The molecule has 2 N–H and O–H groups in total. The Morgan fingerprint density at radius 3 is 2.72 bits per heavy atom. The van der Waals surface area contributed by atoms with E-state index in [1.54, 1.807) is 25.1 Å². The van der Waals surface area contributed by atoms with Crippen molar-refractivity contribution >= 4 is 23.3 Å². The first-order chi connectivity index (χ1) is 11.9. The van der Waals surface area contributed by atoms with Crippen LogP contribution < -0.4 is 15.5 Å². The fourth-order valence-electron chi connectivity index (χ4n) is 2.72. The first-order valence-corrected chi connectivity index (χ1v) is 7.82. The van der Waals surface area contributed by atoms with Crippen LogP contribution in [0.15, 0.2) is 42.5 Å². The van der Waals surface area contributed by atoms with E-state index in [9.17, 15) is 18.4 Å². The third kappa shape index (κ3) is 3.93. The first-order valence-electron chi connectivity index (χ1n) is 7.82. The molecule has 0 bridgehead atoms. The van der Waals surface area contributed by atoms with Crippen molar-refractivity contribution in [2.75, 3.05) is 16.8 Å². The van der Waals surface area contributed by atoms with Crippen molar-refractivity contribution in [3.8, 4) is 0 Å². The van der Waals surface area contributed by atoms with Gasteiger partial charge in [0.25, 0.3) is 0 Å². The second-order valence-electron chi connectivity index (χ2n) is 5.95. The van der Waals surface area contributed by atoms with Crippen molar-refractivity contribution in [2.45, 2.75) is 19.4 Å². The molecule has 1 aliphatic heterocycles. The number of urea groups is 1. The lowest BCUT2D eigenvalue weighted by molar-refractivity contribution is -0.117. The van der Waals surface area contributed by atoms with Crippen LogP contribution in [0.5, 0.6) is 0 Å². The second-order valence-corrected chi connectivity index (χ2v) is 5.95. The van der Waals surface area contributed by atoms with Gasteiger partial charge in [-0.2, -0.15) is 0 Å². The van der Waals surface area contributed by atoms with Gasteiger partial charge in [0, 0.05) is 24.3 Å². The molecule has 0 aromatic heterocycles. The summed E-state index contributed by atoms with van der Waals surface area (Å²) >= 11 is 0. The average Bonchev–Trinajstić information content (AvgIpc) is 2.91. The second kappa shape index (κ2) is 6.88. The lowest BCUT2D eigenvalue weighted by Crippen LogP contribution is -2.39. The summed E-state index contributed by atoms with van der Waals surface area (Å²) in [5, 5.41) is 5.21. The molecule has 3 amide bonds. The fraction of sp³-hybridized carbons (Fsp3) is 0.222. The molecule has 1 fully saturated rings. The van der Waals surface area contributed by atoms with Crippen molar-refractivity contribution in [3.05, 3.63) is 59.7 Å². The number of nitrogens with one attached hydrogen (secondary N) is 2. The number of rotatable bonds is 3. The molecule has 0 aliphatic carbocycles. The van der Waals surface area contributed by atoms with E-state index < -0.39 is 23.7 Å². The number of carbonyl (C=O) groups is 2. The van der Waals surface area contributed by atoms with Gasteiger partial charge in [-0.15, -0.1) is 0 Å². The molecule has 1 atom stereocenters. The number of halogens is 2. The maximum Gasteiger partial charge on any atom is 0.319 e. The number of hydrogen-bond acceptors (Lipinski definition) is 2. The quantitative estimate of drug-likeness (QED) is 0.897. The van der Waals surface area contributed by atoms with Crippen LogP contribution >= 0.6 is 0 Å². The third-order valence-corrected chi connectivity index (χ3v) is 4.01. The topological polar surface area (TPSA) is 61.4 Å². The van der Waals surface area contributed by atoms with Gasteiger partial charge in [0.2, 0.25) is 5.91 Å². The van der Waals surface area contributed by atoms with E-state index in [0.717, 1.165) is 0 Å². The molecular formula is C18H17F2N3O2. The van der Waals surface area contributed by atoms with Crippen LogP contribution in [0.4, 0.5) is 25.0 Å². The molecule has 2 aromatic carbocycles. The van der Waals surface area contributed by atoms with E-state index in [2.05, 4.69) is 10.6 Å². The van der Waals surface area contributed by atoms with Crippen molar-refractivity contribution in [3.63, 3.8) is 0 Å². The summed E-state index contributed by atoms with van der Waals surface area (Å²) in [6.45, 7) is 1.88. The van der Waals surface area contributed by atoms with Crippen LogP contribution in [0.2, 0.25) is 0 Å². The van der Waals surface area contributed by atoms with Gasteiger partial charge in [-0.05, 0) is 42.8 Å². The van der Waals surface area contributed by atoms with E-state index in [0.29, 0.717) is 16.9 Å². The molecule has 25 heavy (non-hydrogen) atoms. The van der Waals surface area contributed by atoms with Gasteiger partial charge in [-0.3, -0.25) is 4.79 Å². The maximum atomic E-state index is 13.5. The number of benzene rings is 2. The zero-order valence-electron chi connectivity index (χ0n) is 13.6. The summed E-state index contributed by atoms with van der Waals surface area (Å²) in [6, 6.07) is 9.19. The number of nitrogens with zero attached hydrogens (tertiary/aromatic N) is 1. The molecule has 0 radical (unpaired) electrons. The lowest BCUT2D eigenvalue weighted by atomic mass is 10.2. The van der Waals surface area contributed by atoms with Crippen LogP contribution in [0.1, 0.15) is 12.0 Å². The minimum atomic E-state index is -0.526. The van der Waals surface area contributed by atoms with Gasteiger partial charge in [0.1, 0.15) is 11.6 Å². The molecule has 7 heteroatoms. The predicted octanol–water partition coefficient (Wildman–Crippen LogP) is 3.20. The lowest BCUT2D eigenvalue weighted by Gasteiger charge is -2.17. The van der Waals surface area contributed by atoms with E-state index >= 15 is 0 Å². The molecule has 0 spiro atoms. The monoisotopic (exact) mass is 345 g/mol. The Morgan fingerprint density at radius 1 is 1.20 bits per heavy atom. The summed E-state index contributed by atoms with van der Waals surface area (Å²) in [4.78, 5) is 25.6. The molecule has 1 heterocycles. The Bertz CT molecular complexity index is 826. The van der Waals surface area contributed by atoms with Crippen LogP contribution in [0, 0.1) is 18.6 Å². The largest absolute Gasteiger partial charge is 0.333 e. The average molecular weight is 345 g/mol. The number of aryl methyl sites for hydroxylation is 1. The van der Waals surface area contributed by atoms with E-state index in [1.807, 2.05) is 0 Å². The number of amides is 3. The highest BCUT2D eigenvalue weighted by Crippen LogP contribution is 2.22. The van der Waals surface area contributed by atoms with Crippen molar-refractivity contribution in [2.24, 2.45) is 0 Å². The van der Waals surface area contributed by atoms with Gasteiger partial charge in [0.05, 0.1) is 6.04 Å². The van der Waals surface area contributed by atoms with Crippen LogP contribution in [0.3, 0.4) is 0 Å². The fourth-order valence-corrected chi connectivity index (χ4v) is 2.72. The van der Waals surface area contributed by atoms with Gasteiger partial charge in [0.15, 0.2) is 0 Å². The van der Waals surface area contributed by atoms with Crippen LogP contribution in [0.25, 0.3) is 0 Å². The standard InChI is InChI=1S/C18H17F2N3O2/c1-11-5-6-13(8-16(11)20)21-18(25)22-14-9-17(24)23(10-14)15-4-2-3-12(19)7-15/h2-8,14H,9-10H2,1H3,(H2,21,22,25). The van der Waals surface area contributed by atoms with Crippen LogP contribution in [-0.4, -0.2) is 24.5 Å². The molecule has 2 aromatic rings. The highest BCUT2D eigenvalue weighted by molar-refractivity contribution is 5.97. The van der Waals surface area contributed by atoms with E-state index in [-0.39, 0.29) is 18.9 Å². The minimum Gasteiger partial charge on any atom is -0.333 e. The number of hydrogen-bond donors (Lipinski definition) is 2. The summed E-state index contributed by atoms with van der Waals surface area (Å²) in [5.74, 6) is -1.04. The number of carbonyl (C=O) groups excluding carboxylic acids is 2. The van der Waals surface area contributed by atoms with Crippen molar-refractivity contribution in [1.29, 1.82) is 0 Å². The molecule has 3 rings (SSSR count). The van der Waals surface area contributed by atoms with Gasteiger partial charge in [-0.1, -0.05) is 12.1 Å². The normalized spacial score (nSPS) is 16.8. The summed E-state index contributed by atoms with van der Waals surface area (Å²) in [6.07, 6.45) is 0.117. The maximum absolute atomic E-state index is 13.5. The summed E-state index contributed by atoms with van der Waals surface area (Å²) in [5.41, 5.74) is 1.26. The van der Waals surface area contributed by atoms with Crippen molar-refractivity contribution < 1.29 is 18.4 Å². The Kier molecular flexibility index (Phi) is 4.65. The van der Waals surface area contributed by atoms with E-state index in [4.69, 9.17) is 0 Å². The highest BCUT2D eigenvalue weighted by Gasteiger charge is 2.31. The molecule has 1 unspecified atom stereocenters. The highest BCUT2D eigenvalue weighted by atomic mass is 19.1. The van der Waals surface area contributed by atoms with E-state index in [1.165, 1.54) is 29.2 Å². The molecule has 130 valence electrons.